The van der Waals surface area contributed by atoms with Gasteiger partial charge in [0.25, 0.3) is 0 Å². The molecule has 2 unspecified atom stereocenters. The maximum atomic E-state index is 12.2. The lowest BCUT2D eigenvalue weighted by Gasteiger charge is -2.40. The van der Waals surface area contributed by atoms with Crippen LogP contribution in [0.1, 0.15) is 44.6 Å². The van der Waals surface area contributed by atoms with Crippen LogP contribution in [0.2, 0.25) is 5.02 Å². The zero-order valence-electron chi connectivity index (χ0n) is 11.2. The van der Waals surface area contributed by atoms with E-state index in [9.17, 15) is 9.59 Å². The fourth-order valence-corrected chi connectivity index (χ4v) is 3.28. The van der Waals surface area contributed by atoms with Crippen LogP contribution in [0.15, 0.2) is 24.3 Å². The number of hydrogen-bond acceptors (Lipinski definition) is 2. The van der Waals surface area contributed by atoms with Crippen LogP contribution in [0.25, 0.3) is 0 Å². The third kappa shape index (κ3) is 2.81. The molecule has 0 saturated carbocycles. The summed E-state index contributed by atoms with van der Waals surface area (Å²) in [5, 5.41) is 3.05. The highest BCUT2D eigenvalue weighted by Gasteiger charge is 2.45. The van der Waals surface area contributed by atoms with Crippen molar-refractivity contribution < 1.29 is 9.59 Å². The topological polar surface area (TPSA) is 46.2 Å². The molecule has 0 radical (unpaired) electrons. The van der Waals surface area contributed by atoms with Crippen molar-refractivity contribution in [1.82, 2.24) is 5.32 Å². The number of nitrogens with one attached hydrogen (secondary N) is 1. The number of benzene rings is 1. The predicted octanol–water partition coefficient (Wildman–Crippen LogP) is 3.28. The van der Waals surface area contributed by atoms with Crippen molar-refractivity contribution in [3.05, 3.63) is 34.9 Å². The summed E-state index contributed by atoms with van der Waals surface area (Å²) in [6.07, 6.45) is 2.15. The van der Waals surface area contributed by atoms with Crippen molar-refractivity contribution in [2.75, 3.05) is 0 Å². The van der Waals surface area contributed by atoms with Crippen LogP contribution in [0.5, 0.6) is 0 Å². The molecule has 1 aromatic carbocycles. The van der Waals surface area contributed by atoms with Crippen LogP contribution < -0.4 is 5.32 Å². The zero-order valence-corrected chi connectivity index (χ0v) is 12.0. The van der Waals surface area contributed by atoms with Crippen LogP contribution in [-0.4, -0.2) is 11.8 Å². The first-order valence-corrected chi connectivity index (χ1v) is 6.93. The van der Waals surface area contributed by atoms with Gasteiger partial charge in [-0.05, 0) is 29.5 Å². The van der Waals surface area contributed by atoms with E-state index < -0.39 is 0 Å². The summed E-state index contributed by atoms with van der Waals surface area (Å²) in [4.78, 5) is 23.9. The number of hydrogen-bond donors (Lipinski definition) is 1. The Balaban J connectivity index is 2.43. The smallest absolute Gasteiger partial charge is 0.234 e. The van der Waals surface area contributed by atoms with Crippen molar-refractivity contribution in [2.24, 2.45) is 5.41 Å². The van der Waals surface area contributed by atoms with Gasteiger partial charge in [-0.25, -0.2) is 0 Å². The van der Waals surface area contributed by atoms with E-state index >= 15 is 0 Å². The van der Waals surface area contributed by atoms with Gasteiger partial charge in [-0.2, -0.15) is 0 Å². The van der Waals surface area contributed by atoms with E-state index in [0.29, 0.717) is 11.4 Å². The minimum atomic E-state index is -0.334. The summed E-state index contributed by atoms with van der Waals surface area (Å²) in [7, 11) is 0. The number of rotatable bonds is 3. The Morgan fingerprint density at radius 2 is 2.16 bits per heavy atom. The Hall–Kier alpha value is -1.35. The maximum Gasteiger partial charge on any atom is 0.234 e. The molecular weight excluding hydrogens is 262 g/mol. The molecule has 0 aromatic heterocycles. The Morgan fingerprint density at radius 3 is 2.79 bits per heavy atom. The molecule has 1 saturated heterocycles. The molecule has 0 bridgehead atoms. The van der Waals surface area contributed by atoms with Crippen LogP contribution in [-0.2, 0) is 9.59 Å². The van der Waals surface area contributed by atoms with Crippen LogP contribution >= 0.6 is 11.6 Å². The van der Waals surface area contributed by atoms with Gasteiger partial charge in [-0.1, -0.05) is 44.0 Å². The number of halogens is 1. The Kier molecular flexibility index (Phi) is 3.95. The number of imide groups is 1. The van der Waals surface area contributed by atoms with E-state index in [1.165, 1.54) is 0 Å². The van der Waals surface area contributed by atoms with Crippen molar-refractivity contribution in [3.63, 3.8) is 0 Å². The fraction of sp³-hybridized carbons (Fsp3) is 0.467. The summed E-state index contributed by atoms with van der Waals surface area (Å²) in [5.41, 5.74) is 0.548. The van der Waals surface area contributed by atoms with Gasteiger partial charge in [0.1, 0.15) is 0 Å². The van der Waals surface area contributed by atoms with E-state index in [0.717, 1.165) is 18.4 Å². The van der Waals surface area contributed by atoms with Gasteiger partial charge in [0, 0.05) is 11.4 Å². The molecule has 4 heteroatoms. The number of carbonyl (C=O) groups is 2. The van der Waals surface area contributed by atoms with Gasteiger partial charge in [0.05, 0.1) is 5.92 Å². The van der Waals surface area contributed by atoms with E-state index in [2.05, 4.69) is 12.2 Å². The van der Waals surface area contributed by atoms with Crippen molar-refractivity contribution in [2.45, 2.75) is 39.0 Å². The monoisotopic (exact) mass is 279 g/mol. The lowest BCUT2D eigenvalue weighted by Crippen LogP contribution is -2.49. The molecule has 2 amide bonds. The minimum absolute atomic E-state index is 0.181. The molecule has 1 aliphatic rings. The van der Waals surface area contributed by atoms with Gasteiger partial charge < -0.3 is 0 Å². The largest absolute Gasteiger partial charge is 0.296 e. The molecule has 1 heterocycles. The maximum absolute atomic E-state index is 12.2. The first-order valence-electron chi connectivity index (χ1n) is 6.55. The summed E-state index contributed by atoms with van der Waals surface area (Å²) in [5.74, 6) is -0.711. The first kappa shape index (κ1) is 14.1. The molecule has 1 aromatic rings. The van der Waals surface area contributed by atoms with Gasteiger partial charge in [0.2, 0.25) is 11.8 Å². The van der Waals surface area contributed by atoms with Crippen molar-refractivity contribution >= 4 is 23.4 Å². The number of amides is 2. The summed E-state index contributed by atoms with van der Waals surface area (Å²) < 4.78 is 0. The summed E-state index contributed by atoms with van der Waals surface area (Å²) in [6, 6.07) is 7.34. The second-order valence-electron chi connectivity index (χ2n) is 5.48. The van der Waals surface area contributed by atoms with Gasteiger partial charge in [-0.3, -0.25) is 14.9 Å². The van der Waals surface area contributed by atoms with E-state index in [1.807, 2.05) is 25.1 Å². The van der Waals surface area contributed by atoms with Crippen molar-refractivity contribution in [1.29, 1.82) is 0 Å². The summed E-state index contributed by atoms with van der Waals surface area (Å²) >= 11 is 6.01. The molecule has 1 aliphatic heterocycles. The third-order valence-electron chi connectivity index (χ3n) is 3.79. The van der Waals surface area contributed by atoms with Gasteiger partial charge in [-0.15, -0.1) is 0 Å². The lowest BCUT2D eigenvalue weighted by molar-refractivity contribution is -0.139. The molecule has 1 N–H and O–H groups in total. The van der Waals surface area contributed by atoms with E-state index in [4.69, 9.17) is 11.6 Å². The normalized spacial score (nSPS) is 27.2. The van der Waals surface area contributed by atoms with Gasteiger partial charge in [0.15, 0.2) is 0 Å². The Labute approximate surface area is 118 Å². The van der Waals surface area contributed by atoms with Crippen molar-refractivity contribution in [3.8, 4) is 0 Å². The lowest BCUT2D eigenvalue weighted by atomic mass is 9.66. The second-order valence-corrected chi connectivity index (χ2v) is 5.92. The average molecular weight is 280 g/mol. The number of piperidine rings is 1. The minimum Gasteiger partial charge on any atom is -0.296 e. The first-order chi connectivity index (χ1) is 8.96. The molecule has 0 spiro atoms. The highest BCUT2D eigenvalue weighted by Crippen LogP contribution is 2.45. The SMILES string of the molecule is CCCC1(C)CC(=O)NC(=O)C1c1cccc(Cl)c1. The van der Waals surface area contributed by atoms with Gasteiger partial charge >= 0.3 is 0 Å². The Bertz CT molecular complexity index is 515. The highest BCUT2D eigenvalue weighted by molar-refractivity contribution is 6.30. The molecule has 2 rings (SSSR count). The van der Waals surface area contributed by atoms with Crippen LogP contribution in [0, 0.1) is 5.41 Å². The predicted molar refractivity (Wildman–Crippen MR) is 75.0 cm³/mol. The summed E-state index contributed by atoms with van der Waals surface area (Å²) in [6.45, 7) is 4.08. The van der Waals surface area contributed by atoms with E-state index in [1.54, 1.807) is 6.07 Å². The third-order valence-corrected chi connectivity index (χ3v) is 4.02. The molecule has 3 nitrogen and oxygen atoms in total. The molecule has 19 heavy (non-hydrogen) atoms. The number of carbonyl (C=O) groups excluding carboxylic acids is 2. The standard InChI is InChI=1S/C15H18ClNO2/c1-3-7-15(2)9-12(18)17-14(19)13(15)10-5-4-6-11(16)8-10/h4-6,8,13H,3,7,9H2,1-2H3,(H,17,18,19). The average Bonchev–Trinajstić information content (AvgIpc) is 2.27. The Morgan fingerprint density at radius 1 is 1.42 bits per heavy atom. The zero-order chi connectivity index (χ0) is 14.0. The van der Waals surface area contributed by atoms with Crippen LogP contribution in [0.4, 0.5) is 0 Å². The highest BCUT2D eigenvalue weighted by atomic mass is 35.5. The second kappa shape index (κ2) is 5.33. The molecule has 1 fully saturated rings. The van der Waals surface area contributed by atoms with E-state index in [-0.39, 0.29) is 23.1 Å². The molecular formula is C15H18ClNO2. The molecule has 2 atom stereocenters. The van der Waals surface area contributed by atoms with Crippen LogP contribution in [0.3, 0.4) is 0 Å². The molecule has 102 valence electrons. The fourth-order valence-electron chi connectivity index (χ4n) is 3.08. The molecule has 0 aliphatic carbocycles. The quantitative estimate of drug-likeness (QED) is 0.863.